The molecule has 0 aliphatic rings. The zero-order chi connectivity index (χ0) is 15.5. The van der Waals surface area contributed by atoms with E-state index in [0.717, 1.165) is 18.6 Å². The summed E-state index contributed by atoms with van der Waals surface area (Å²) in [7, 11) is 0. The van der Waals surface area contributed by atoms with Gasteiger partial charge < -0.3 is 10.5 Å². The van der Waals surface area contributed by atoms with Gasteiger partial charge in [-0.1, -0.05) is 23.3 Å². The quantitative estimate of drug-likeness (QED) is 0.323. The number of thioether (sulfide) groups is 1. The Bertz CT molecular complexity index is 385. The lowest BCUT2D eigenvalue weighted by atomic mass is 10.1. The van der Waals surface area contributed by atoms with Crippen molar-refractivity contribution in [2.75, 3.05) is 11.5 Å². The van der Waals surface area contributed by atoms with Gasteiger partial charge >= 0.3 is 11.9 Å². The third-order valence-electron chi connectivity index (χ3n) is 2.49. The topological polar surface area (TPSA) is 69.4 Å². The van der Waals surface area contributed by atoms with Gasteiger partial charge in [-0.3, -0.25) is 4.79 Å². The summed E-state index contributed by atoms with van der Waals surface area (Å²) >= 11 is 1.56. The first-order valence-corrected chi connectivity index (χ1v) is 7.83. The van der Waals surface area contributed by atoms with Crippen LogP contribution in [0.15, 0.2) is 23.3 Å². The van der Waals surface area contributed by atoms with Gasteiger partial charge in [-0.05, 0) is 33.6 Å². The maximum atomic E-state index is 11.3. The van der Waals surface area contributed by atoms with Crippen LogP contribution in [-0.2, 0) is 14.3 Å². The predicted molar refractivity (Wildman–Crippen MR) is 84.5 cm³/mol. The first kappa shape index (κ1) is 18.9. The molecule has 0 radical (unpaired) electrons. The van der Waals surface area contributed by atoms with Gasteiger partial charge in [0.25, 0.3) is 0 Å². The molecule has 0 saturated heterocycles. The van der Waals surface area contributed by atoms with Gasteiger partial charge in [0.1, 0.15) is 6.04 Å². The summed E-state index contributed by atoms with van der Waals surface area (Å²) < 4.78 is 4.43. The molecule has 0 heterocycles. The second kappa shape index (κ2) is 10.7. The standard InChI is InChI=1S/C15H25NO3S/c1-11(2)6-5-7-12(3)8-9-20-10-14(16)15(18)19-13(4)17/h6,8,14H,5,7,9-10,16H2,1-4H3/b12-8+/t14-/m0/s1. The van der Waals surface area contributed by atoms with Gasteiger partial charge in [0.15, 0.2) is 0 Å². The molecule has 0 spiro atoms. The molecular weight excluding hydrogens is 274 g/mol. The first-order valence-electron chi connectivity index (χ1n) is 6.67. The van der Waals surface area contributed by atoms with Crippen molar-refractivity contribution in [1.29, 1.82) is 0 Å². The molecular formula is C15H25NO3S. The van der Waals surface area contributed by atoms with Crippen LogP contribution >= 0.6 is 11.8 Å². The van der Waals surface area contributed by atoms with Crippen LogP contribution in [0, 0.1) is 0 Å². The van der Waals surface area contributed by atoms with E-state index in [0.29, 0.717) is 5.75 Å². The summed E-state index contributed by atoms with van der Waals surface area (Å²) in [4.78, 5) is 21.9. The minimum absolute atomic E-state index is 0.448. The molecule has 1 atom stereocenters. The second-order valence-electron chi connectivity index (χ2n) is 4.93. The highest BCUT2D eigenvalue weighted by atomic mass is 32.2. The van der Waals surface area contributed by atoms with Crippen LogP contribution in [0.1, 0.15) is 40.5 Å². The van der Waals surface area contributed by atoms with Gasteiger partial charge in [-0.25, -0.2) is 4.79 Å². The van der Waals surface area contributed by atoms with Gasteiger partial charge in [-0.2, -0.15) is 11.8 Å². The van der Waals surface area contributed by atoms with Gasteiger partial charge in [0.05, 0.1) is 0 Å². The normalized spacial score (nSPS) is 12.8. The zero-order valence-electron chi connectivity index (χ0n) is 12.8. The number of ether oxygens (including phenoxy) is 1. The Morgan fingerprint density at radius 2 is 1.85 bits per heavy atom. The van der Waals surface area contributed by atoms with Gasteiger partial charge in [0, 0.05) is 18.4 Å². The van der Waals surface area contributed by atoms with E-state index in [-0.39, 0.29) is 0 Å². The summed E-state index contributed by atoms with van der Waals surface area (Å²) in [6.45, 7) is 7.48. The highest BCUT2D eigenvalue weighted by Crippen LogP contribution is 2.10. The zero-order valence-corrected chi connectivity index (χ0v) is 13.6. The first-order chi connectivity index (χ1) is 9.32. The van der Waals surface area contributed by atoms with E-state index in [1.165, 1.54) is 18.1 Å². The molecule has 0 rings (SSSR count). The minimum atomic E-state index is -0.747. The number of nitrogens with two attached hydrogens (primary N) is 1. The molecule has 2 N–H and O–H groups in total. The SMILES string of the molecule is CC(=O)OC(=O)[C@@H](N)CSC/C=C(\C)CCC=C(C)C. The van der Waals surface area contributed by atoms with Crippen molar-refractivity contribution in [3.8, 4) is 0 Å². The molecule has 0 fully saturated rings. The number of rotatable bonds is 8. The molecule has 0 bridgehead atoms. The van der Waals surface area contributed by atoms with Crippen LogP contribution in [-0.4, -0.2) is 29.5 Å². The van der Waals surface area contributed by atoms with Gasteiger partial charge in [0.2, 0.25) is 0 Å². The summed E-state index contributed by atoms with van der Waals surface area (Å²) in [6, 6.07) is -0.747. The summed E-state index contributed by atoms with van der Waals surface area (Å²) in [6.07, 6.45) is 6.47. The number of carbonyl (C=O) groups is 2. The highest BCUT2D eigenvalue weighted by molar-refractivity contribution is 7.99. The van der Waals surface area contributed by atoms with Crippen molar-refractivity contribution in [2.24, 2.45) is 5.73 Å². The van der Waals surface area contributed by atoms with E-state index in [1.54, 1.807) is 11.8 Å². The van der Waals surface area contributed by atoms with E-state index in [9.17, 15) is 9.59 Å². The fourth-order valence-corrected chi connectivity index (χ4v) is 2.30. The Hall–Kier alpha value is -1.07. The fourth-order valence-electron chi connectivity index (χ4n) is 1.37. The van der Waals surface area contributed by atoms with E-state index in [1.807, 2.05) is 0 Å². The molecule has 0 aromatic heterocycles. The fraction of sp³-hybridized carbons (Fsp3) is 0.600. The summed E-state index contributed by atoms with van der Waals surface area (Å²) in [5.41, 5.74) is 8.28. The minimum Gasteiger partial charge on any atom is -0.392 e. The second-order valence-corrected chi connectivity index (χ2v) is 6.00. The maximum Gasteiger partial charge on any atom is 0.331 e. The molecule has 0 aliphatic carbocycles. The lowest BCUT2D eigenvalue weighted by Crippen LogP contribution is -2.35. The summed E-state index contributed by atoms with van der Waals surface area (Å²) in [5.74, 6) is -0.0225. The molecule has 0 aliphatic heterocycles. The molecule has 0 aromatic carbocycles. The smallest absolute Gasteiger partial charge is 0.331 e. The Morgan fingerprint density at radius 1 is 1.20 bits per heavy atom. The predicted octanol–water partition coefficient (Wildman–Crippen LogP) is 2.83. The van der Waals surface area contributed by atoms with E-state index in [4.69, 9.17) is 5.73 Å². The lowest BCUT2D eigenvalue weighted by Gasteiger charge is -2.08. The Balaban J connectivity index is 3.86. The van der Waals surface area contributed by atoms with Crippen molar-refractivity contribution >= 4 is 23.7 Å². The molecule has 20 heavy (non-hydrogen) atoms. The number of allylic oxidation sites excluding steroid dienone is 3. The Morgan fingerprint density at radius 3 is 2.40 bits per heavy atom. The maximum absolute atomic E-state index is 11.3. The third kappa shape index (κ3) is 10.8. The average Bonchev–Trinajstić information content (AvgIpc) is 2.33. The van der Waals surface area contributed by atoms with Crippen LogP contribution in [0.5, 0.6) is 0 Å². The molecule has 114 valence electrons. The van der Waals surface area contributed by atoms with Crippen molar-refractivity contribution in [1.82, 2.24) is 0 Å². The monoisotopic (exact) mass is 299 g/mol. The van der Waals surface area contributed by atoms with Crippen LogP contribution in [0.25, 0.3) is 0 Å². The third-order valence-corrected chi connectivity index (χ3v) is 3.48. The molecule has 0 amide bonds. The van der Waals surface area contributed by atoms with Crippen LogP contribution in [0.4, 0.5) is 0 Å². The molecule has 0 saturated carbocycles. The lowest BCUT2D eigenvalue weighted by molar-refractivity contribution is -0.158. The van der Waals surface area contributed by atoms with E-state index in [2.05, 4.69) is 37.7 Å². The van der Waals surface area contributed by atoms with E-state index < -0.39 is 18.0 Å². The number of esters is 2. The van der Waals surface area contributed by atoms with Crippen molar-refractivity contribution in [3.05, 3.63) is 23.3 Å². The number of hydrogen-bond donors (Lipinski definition) is 1. The molecule has 0 unspecified atom stereocenters. The highest BCUT2D eigenvalue weighted by Gasteiger charge is 2.16. The molecule has 4 nitrogen and oxygen atoms in total. The number of hydrogen-bond acceptors (Lipinski definition) is 5. The van der Waals surface area contributed by atoms with E-state index >= 15 is 0 Å². The largest absolute Gasteiger partial charge is 0.392 e. The van der Waals surface area contributed by atoms with Crippen LogP contribution in [0.2, 0.25) is 0 Å². The van der Waals surface area contributed by atoms with Gasteiger partial charge in [-0.15, -0.1) is 0 Å². The van der Waals surface area contributed by atoms with Crippen molar-refractivity contribution < 1.29 is 14.3 Å². The van der Waals surface area contributed by atoms with Crippen molar-refractivity contribution in [2.45, 2.75) is 46.6 Å². The van der Waals surface area contributed by atoms with Crippen molar-refractivity contribution in [3.63, 3.8) is 0 Å². The molecule has 0 aromatic rings. The van der Waals surface area contributed by atoms with Crippen LogP contribution < -0.4 is 5.73 Å². The number of carbonyl (C=O) groups excluding carboxylic acids is 2. The Kier molecular flexibility index (Phi) is 10.1. The molecule has 5 heteroatoms. The Labute approximate surface area is 125 Å². The average molecular weight is 299 g/mol. The van der Waals surface area contributed by atoms with Crippen LogP contribution in [0.3, 0.4) is 0 Å². The summed E-state index contributed by atoms with van der Waals surface area (Å²) in [5, 5.41) is 0.